The predicted octanol–water partition coefficient (Wildman–Crippen LogP) is 3.04. The molecule has 0 unspecified atom stereocenters. The zero-order valence-corrected chi connectivity index (χ0v) is 15.5. The van der Waals surface area contributed by atoms with Crippen molar-refractivity contribution in [2.45, 2.75) is 24.7 Å². The molecule has 5 heteroatoms. The number of hydrogen-bond acceptors (Lipinski definition) is 4. The maximum atomic E-state index is 12.0. The molecule has 0 saturated heterocycles. The summed E-state index contributed by atoms with van der Waals surface area (Å²) in [5, 5.41) is 13.3. The van der Waals surface area contributed by atoms with Gasteiger partial charge in [-0.25, -0.2) is 0 Å². The van der Waals surface area contributed by atoms with Crippen LogP contribution in [0.25, 0.3) is 0 Å². The van der Waals surface area contributed by atoms with Gasteiger partial charge >= 0.3 is 0 Å². The highest BCUT2D eigenvalue weighted by molar-refractivity contribution is 7.99. The van der Waals surface area contributed by atoms with Gasteiger partial charge in [-0.05, 0) is 30.2 Å². The summed E-state index contributed by atoms with van der Waals surface area (Å²) in [6.45, 7) is 1.96. The normalized spacial score (nSPS) is 13.1. The van der Waals surface area contributed by atoms with Crippen LogP contribution in [0.4, 0.5) is 0 Å². The van der Waals surface area contributed by atoms with Crippen LogP contribution in [0, 0.1) is 0 Å². The first kappa shape index (κ1) is 19.3. The van der Waals surface area contributed by atoms with Crippen molar-refractivity contribution >= 4 is 17.7 Å². The maximum absolute atomic E-state index is 12.0. The second-order valence-electron chi connectivity index (χ2n) is 6.28. The molecule has 2 N–H and O–H groups in total. The first-order chi connectivity index (χ1) is 12.0. The van der Waals surface area contributed by atoms with Crippen LogP contribution in [-0.4, -0.2) is 36.0 Å². The molecule has 134 valence electrons. The van der Waals surface area contributed by atoms with Crippen LogP contribution in [0.2, 0.25) is 0 Å². The number of nitrogens with one attached hydrogen (secondary N) is 1. The maximum Gasteiger partial charge on any atom is 0.230 e. The lowest BCUT2D eigenvalue weighted by Crippen LogP contribution is -2.42. The van der Waals surface area contributed by atoms with E-state index in [4.69, 9.17) is 4.74 Å². The fourth-order valence-corrected chi connectivity index (χ4v) is 3.24. The van der Waals surface area contributed by atoms with E-state index in [9.17, 15) is 9.90 Å². The number of carbonyl (C=O) groups is 1. The van der Waals surface area contributed by atoms with Crippen LogP contribution < -0.4 is 10.1 Å². The minimum Gasteiger partial charge on any atom is -0.497 e. The first-order valence-electron chi connectivity index (χ1n) is 8.22. The Labute approximate surface area is 153 Å². The Morgan fingerprint density at radius 3 is 2.44 bits per heavy atom. The van der Waals surface area contributed by atoms with Gasteiger partial charge in [0.15, 0.2) is 0 Å². The summed E-state index contributed by atoms with van der Waals surface area (Å²) in [7, 11) is 1.62. The van der Waals surface area contributed by atoms with Crippen LogP contribution in [0.15, 0.2) is 54.6 Å². The van der Waals surface area contributed by atoms with Gasteiger partial charge in [-0.3, -0.25) is 4.79 Å². The van der Waals surface area contributed by atoms with Gasteiger partial charge < -0.3 is 15.2 Å². The molecule has 0 bridgehead atoms. The molecule has 0 aliphatic heterocycles. The Kier molecular flexibility index (Phi) is 7.34. The van der Waals surface area contributed by atoms with E-state index in [-0.39, 0.29) is 12.5 Å². The Balaban J connectivity index is 1.71. The van der Waals surface area contributed by atoms with E-state index in [0.717, 1.165) is 17.1 Å². The van der Waals surface area contributed by atoms with Crippen molar-refractivity contribution in [1.29, 1.82) is 0 Å². The lowest BCUT2D eigenvalue weighted by molar-refractivity contribution is -0.119. The molecule has 0 radical (unpaired) electrons. The summed E-state index contributed by atoms with van der Waals surface area (Å²) in [5.74, 6) is 1.91. The SMILES string of the molecule is COc1ccc(C[C@](C)(O)CNC(=O)CSCc2ccccc2)cc1. The lowest BCUT2D eigenvalue weighted by Gasteiger charge is -2.24. The summed E-state index contributed by atoms with van der Waals surface area (Å²) in [6, 6.07) is 17.6. The smallest absolute Gasteiger partial charge is 0.230 e. The molecular formula is C20H25NO3S. The van der Waals surface area contributed by atoms with Gasteiger partial charge in [0.25, 0.3) is 0 Å². The van der Waals surface area contributed by atoms with E-state index in [1.807, 2.05) is 54.6 Å². The number of methoxy groups -OCH3 is 1. The summed E-state index contributed by atoms with van der Waals surface area (Å²) in [4.78, 5) is 12.0. The van der Waals surface area contributed by atoms with Crippen LogP contribution in [0.5, 0.6) is 5.75 Å². The van der Waals surface area contributed by atoms with Crippen molar-refractivity contribution in [2.24, 2.45) is 0 Å². The Morgan fingerprint density at radius 2 is 1.80 bits per heavy atom. The van der Waals surface area contributed by atoms with E-state index in [1.165, 1.54) is 5.56 Å². The highest BCUT2D eigenvalue weighted by Gasteiger charge is 2.21. The number of hydrogen-bond donors (Lipinski definition) is 2. The second-order valence-corrected chi connectivity index (χ2v) is 7.26. The minimum absolute atomic E-state index is 0.0593. The number of benzene rings is 2. The van der Waals surface area contributed by atoms with Crippen molar-refractivity contribution in [3.8, 4) is 5.75 Å². The van der Waals surface area contributed by atoms with E-state index in [1.54, 1.807) is 25.8 Å². The molecule has 4 nitrogen and oxygen atoms in total. The summed E-state index contributed by atoms with van der Waals surface area (Å²) >= 11 is 1.57. The lowest BCUT2D eigenvalue weighted by atomic mass is 9.96. The van der Waals surface area contributed by atoms with E-state index < -0.39 is 5.60 Å². The van der Waals surface area contributed by atoms with Crippen molar-refractivity contribution in [2.75, 3.05) is 19.4 Å². The van der Waals surface area contributed by atoms with Crippen molar-refractivity contribution in [3.63, 3.8) is 0 Å². The number of aliphatic hydroxyl groups is 1. The molecule has 25 heavy (non-hydrogen) atoms. The number of thioether (sulfide) groups is 1. The van der Waals surface area contributed by atoms with Gasteiger partial charge in [-0.2, -0.15) is 0 Å². The Bertz CT molecular complexity index is 656. The van der Waals surface area contributed by atoms with E-state index in [2.05, 4.69) is 5.32 Å². The van der Waals surface area contributed by atoms with Crippen LogP contribution in [0.1, 0.15) is 18.1 Å². The number of carbonyl (C=O) groups excluding carboxylic acids is 1. The average molecular weight is 359 g/mol. The van der Waals surface area contributed by atoms with Gasteiger partial charge in [-0.1, -0.05) is 42.5 Å². The van der Waals surface area contributed by atoms with Crippen molar-refractivity contribution in [3.05, 3.63) is 65.7 Å². The van der Waals surface area contributed by atoms with Crippen LogP contribution >= 0.6 is 11.8 Å². The van der Waals surface area contributed by atoms with Gasteiger partial charge in [0.1, 0.15) is 5.75 Å². The van der Waals surface area contributed by atoms with Gasteiger partial charge in [0.2, 0.25) is 5.91 Å². The topological polar surface area (TPSA) is 58.6 Å². The Morgan fingerprint density at radius 1 is 1.12 bits per heavy atom. The highest BCUT2D eigenvalue weighted by atomic mass is 32.2. The zero-order chi connectivity index (χ0) is 18.1. The minimum atomic E-state index is -0.992. The third-order valence-corrected chi connectivity index (χ3v) is 4.76. The van der Waals surface area contributed by atoms with Gasteiger partial charge in [0.05, 0.1) is 18.5 Å². The average Bonchev–Trinajstić information content (AvgIpc) is 2.61. The highest BCUT2D eigenvalue weighted by Crippen LogP contribution is 2.17. The number of ether oxygens (including phenoxy) is 1. The number of amides is 1. The monoisotopic (exact) mass is 359 g/mol. The molecule has 0 aliphatic rings. The van der Waals surface area contributed by atoms with E-state index in [0.29, 0.717) is 12.2 Å². The fourth-order valence-electron chi connectivity index (χ4n) is 2.42. The van der Waals surface area contributed by atoms with Gasteiger partial charge in [-0.15, -0.1) is 11.8 Å². The number of rotatable bonds is 9. The molecule has 0 aliphatic carbocycles. The van der Waals surface area contributed by atoms with Crippen molar-refractivity contribution in [1.82, 2.24) is 5.32 Å². The predicted molar refractivity (Wildman–Crippen MR) is 103 cm³/mol. The molecular weight excluding hydrogens is 334 g/mol. The van der Waals surface area contributed by atoms with E-state index >= 15 is 0 Å². The summed E-state index contributed by atoms with van der Waals surface area (Å²) in [5.41, 5.74) is 1.21. The molecule has 2 aromatic rings. The van der Waals surface area contributed by atoms with Gasteiger partial charge in [0, 0.05) is 18.7 Å². The molecule has 0 heterocycles. The largest absolute Gasteiger partial charge is 0.497 e. The quantitative estimate of drug-likeness (QED) is 0.722. The molecule has 2 rings (SSSR count). The molecule has 0 saturated carbocycles. The molecule has 0 spiro atoms. The third kappa shape index (κ3) is 7.20. The summed E-state index contributed by atoms with van der Waals surface area (Å²) < 4.78 is 5.13. The molecule has 1 atom stereocenters. The second kappa shape index (κ2) is 9.49. The zero-order valence-electron chi connectivity index (χ0n) is 14.7. The summed E-state index contributed by atoms with van der Waals surface area (Å²) in [6.07, 6.45) is 0.467. The standard InChI is InChI=1S/C20H25NO3S/c1-20(23,12-16-8-10-18(24-2)11-9-16)15-21-19(22)14-25-13-17-6-4-3-5-7-17/h3-11,23H,12-15H2,1-2H3,(H,21,22)/t20-/m0/s1. The third-order valence-electron chi connectivity index (χ3n) is 3.76. The molecule has 0 aromatic heterocycles. The first-order valence-corrected chi connectivity index (χ1v) is 9.38. The fraction of sp³-hybridized carbons (Fsp3) is 0.350. The molecule has 2 aromatic carbocycles. The van der Waals surface area contributed by atoms with Crippen LogP contribution in [0.3, 0.4) is 0 Å². The van der Waals surface area contributed by atoms with Crippen LogP contribution in [-0.2, 0) is 17.0 Å². The molecule has 1 amide bonds. The van der Waals surface area contributed by atoms with Crippen molar-refractivity contribution < 1.29 is 14.6 Å². The molecule has 0 fully saturated rings. The Hall–Kier alpha value is -1.98.